The maximum absolute atomic E-state index is 8.75. The molecule has 0 aliphatic rings. The summed E-state index contributed by atoms with van der Waals surface area (Å²) in [5.74, 6) is 0.820. The van der Waals surface area contributed by atoms with Gasteiger partial charge in [-0.15, -0.1) is 0 Å². The molecule has 0 fully saturated rings. The van der Waals surface area contributed by atoms with Crippen LogP contribution < -0.4 is 5.32 Å². The van der Waals surface area contributed by atoms with Crippen LogP contribution in [-0.4, -0.2) is 21.3 Å². The first kappa shape index (κ1) is 13.5. The van der Waals surface area contributed by atoms with E-state index in [2.05, 4.69) is 21.5 Å². The molecule has 0 aliphatic carbocycles. The number of nitriles is 1. The number of hydrogen-bond donors (Lipinski definition) is 1. The smallest absolute Gasteiger partial charge is 0.151 e. The molecule has 5 nitrogen and oxygen atoms in total. The summed E-state index contributed by atoms with van der Waals surface area (Å²) >= 11 is 6.09. The predicted octanol–water partition coefficient (Wildman–Crippen LogP) is 1.67. The van der Waals surface area contributed by atoms with Gasteiger partial charge in [-0.05, 0) is 17.7 Å². The molecule has 0 radical (unpaired) electrons. The standard InChI is InChI=1S/C13H14ClN5/c1-19-9-17-13(18-19)4-5-16-8-11-3-2-10(7-15)6-12(11)14/h2-3,6,9,16H,4-5,8H2,1H3. The summed E-state index contributed by atoms with van der Waals surface area (Å²) in [4.78, 5) is 4.15. The largest absolute Gasteiger partial charge is 0.312 e. The molecule has 1 N–H and O–H groups in total. The van der Waals surface area contributed by atoms with Crippen LogP contribution in [0.25, 0.3) is 0 Å². The van der Waals surface area contributed by atoms with Gasteiger partial charge >= 0.3 is 0 Å². The molecule has 1 aromatic carbocycles. The van der Waals surface area contributed by atoms with Gasteiger partial charge in [-0.25, -0.2) is 4.98 Å². The Labute approximate surface area is 116 Å². The molecule has 2 aromatic rings. The first-order valence-corrected chi connectivity index (χ1v) is 6.30. The molecular formula is C13H14ClN5. The summed E-state index contributed by atoms with van der Waals surface area (Å²) in [5, 5.41) is 16.8. The van der Waals surface area contributed by atoms with E-state index in [-0.39, 0.29) is 0 Å². The van der Waals surface area contributed by atoms with Crippen molar-refractivity contribution in [2.24, 2.45) is 7.05 Å². The zero-order valence-corrected chi connectivity index (χ0v) is 11.4. The van der Waals surface area contributed by atoms with Crippen molar-refractivity contribution in [3.63, 3.8) is 0 Å². The second-order valence-electron chi connectivity index (χ2n) is 4.18. The number of nitrogens with zero attached hydrogens (tertiary/aromatic N) is 4. The van der Waals surface area contributed by atoms with Crippen molar-refractivity contribution < 1.29 is 0 Å². The van der Waals surface area contributed by atoms with Crippen molar-refractivity contribution in [2.75, 3.05) is 6.54 Å². The number of aromatic nitrogens is 3. The summed E-state index contributed by atoms with van der Waals surface area (Å²) in [7, 11) is 1.85. The molecule has 0 spiro atoms. The second-order valence-corrected chi connectivity index (χ2v) is 4.59. The van der Waals surface area contributed by atoms with E-state index in [0.717, 1.165) is 24.4 Å². The number of hydrogen-bond acceptors (Lipinski definition) is 4. The highest BCUT2D eigenvalue weighted by molar-refractivity contribution is 6.31. The zero-order chi connectivity index (χ0) is 13.7. The van der Waals surface area contributed by atoms with E-state index in [1.165, 1.54) is 0 Å². The maximum Gasteiger partial charge on any atom is 0.151 e. The molecule has 98 valence electrons. The molecule has 6 heteroatoms. The molecule has 0 unspecified atom stereocenters. The SMILES string of the molecule is Cn1cnc(CCNCc2ccc(C#N)cc2Cl)n1. The number of nitrogens with one attached hydrogen (secondary N) is 1. The zero-order valence-electron chi connectivity index (χ0n) is 10.6. The summed E-state index contributed by atoms with van der Waals surface area (Å²) in [5.41, 5.74) is 1.56. The monoisotopic (exact) mass is 275 g/mol. The quantitative estimate of drug-likeness (QED) is 0.843. The van der Waals surface area contributed by atoms with Crippen molar-refractivity contribution in [3.8, 4) is 6.07 Å². The molecule has 1 aromatic heterocycles. The number of halogens is 1. The average Bonchev–Trinajstić information content (AvgIpc) is 2.82. The minimum absolute atomic E-state index is 0.575. The molecule has 2 rings (SSSR count). The Morgan fingerprint density at radius 3 is 2.95 bits per heavy atom. The van der Waals surface area contributed by atoms with E-state index in [1.54, 1.807) is 23.1 Å². The van der Waals surface area contributed by atoms with Crippen LogP contribution in [0.3, 0.4) is 0 Å². The highest BCUT2D eigenvalue weighted by Gasteiger charge is 2.02. The third-order valence-electron chi connectivity index (χ3n) is 2.67. The van der Waals surface area contributed by atoms with Gasteiger partial charge < -0.3 is 5.32 Å². The molecule has 0 saturated carbocycles. The van der Waals surface area contributed by atoms with Crippen molar-refractivity contribution in [2.45, 2.75) is 13.0 Å². The molecule has 0 bridgehead atoms. The third kappa shape index (κ3) is 3.78. The van der Waals surface area contributed by atoms with Crippen molar-refractivity contribution in [3.05, 3.63) is 46.5 Å². The topological polar surface area (TPSA) is 66.5 Å². The molecule has 0 atom stereocenters. The van der Waals surface area contributed by atoms with Crippen molar-refractivity contribution in [1.82, 2.24) is 20.1 Å². The van der Waals surface area contributed by atoms with Gasteiger partial charge in [0, 0.05) is 31.6 Å². The summed E-state index contributed by atoms with van der Waals surface area (Å²) in [6.07, 6.45) is 2.46. The van der Waals surface area contributed by atoms with Crippen LogP contribution in [0.2, 0.25) is 5.02 Å². The van der Waals surface area contributed by atoms with Gasteiger partial charge in [-0.1, -0.05) is 17.7 Å². The fraction of sp³-hybridized carbons (Fsp3) is 0.308. The number of benzene rings is 1. The number of aryl methyl sites for hydroxylation is 1. The van der Waals surface area contributed by atoms with Crippen LogP contribution in [0.4, 0.5) is 0 Å². The van der Waals surface area contributed by atoms with Crippen LogP contribution in [0.5, 0.6) is 0 Å². The van der Waals surface area contributed by atoms with Crippen LogP contribution in [0.15, 0.2) is 24.5 Å². The lowest BCUT2D eigenvalue weighted by Crippen LogP contribution is -2.17. The van der Waals surface area contributed by atoms with E-state index in [0.29, 0.717) is 17.1 Å². The summed E-state index contributed by atoms with van der Waals surface area (Å²) in [6, 6.07) is 7.38. The van der Waals surface area contributed by atoms with E-state index < -0.39 is 0 Å². The van der Waals surface area contributed by atoms with Crippen molar-refractivity contribution >= 4 is 11.6 Å². The van der Waals surface area contributed by atoms with Gasteiger partial charge in [0.05, 0.1) is 11.6 Å². The van der Waals surface area contributed by atoms with Gasteiger partial charge in [0.1, 0.15) is 6.33 Å². The third-order valence-corrected chi connectivity index (χ3v) is 3.02. The Kier molecular flexibility index (Phi) is 4.50. The average molecular weight is 276 g/mol. The molecule has 0 aliphatic heterocycles. The fourth-order valence-electron chi connectivity index (χ4n) is 1.68. The lowest BCUT2D eigenvalue weighted by Gasteiger charge is -2.06. The Bertz CT molecular complexity index is 599. The van der Waals surface area contributed by atoms with Crippen LogP contribution >= 0.6 is 11.6 Å². The molecular weight excluding hydrogens is 262 g/mol. The number of rotatable bonds is 5. The Hall–Kier alpha value is -1.90. The Morgan fingerprint density at radius 2 is 2.32 bits per heavy atom. The van der Waals surface area contributed by atoms with Gasteiger partial charge in [0.2, 0.25) is 0 Å². The van der Waals surface area contributed by atoms with Crippen molar-refractivity contribution in [1.29, 1.82) is 5.26 Å². The minimum Gasteiger partial charge on any atom is -0.312 e. The van der Waals surface area contributed by atoms with Gasteiger partial charge in [0.25, 0.3) is 0 Å². The highest BCUT2D eigenvalue weighted by atomic mass is 35.5. The highest BCUT2D eigenvalue weighted by Crippen LogP contribution is 2.17. The summed E-state index contributed by atoms with van der Waals surface area (Å²) in [6.45, 7) is 1.44. The normalized spacial score (nSPS) is 10.4. The van der Waals surface area contributed by atoms with Crippen LogP contribution in [-0.2, 0) is 20.0 Å². The molecule has 0 amide bonds. The fourth-order valence-corrected chi connectivity index (χ4v) is 1.93. The Balaban J connectivity index is 1.81. The first-order valence-electron chi connectivity index (χ1n) is 5.93. The molecule has 19 heavy (non-hydrogen) atoms. The van der Waals surface area contributed by atoms with Crippen LogP contribution in [0, 0.1) is 11.3 Å². The molecule has 0 saturated heterocycles. The lowest BCUT2D eigenvalue weighted by atomic mass is 10.1. The van der Waals surface area contributed by atoms with E-state index in [1.807, 2.05) is 13.1 Å². The van der Waals surface area contributed by atoms with Gasteiger partial charge in [-0.3, -0.25) is 4.68 Å². The molecule has 1 heterocycles. The summed E-state index contributed by atoms with van der Waals surface area (Å²) < 4.78 is 1.69. The maximum atomic E-state index is 8.75. The predicted molar refractivity (Wildman–Crippen MR) is 72.6 cm³/mol. The van der Waals surface area contributed by atoms with E-state index >= 15 is 0 Å². The first-order chi connectivity index (χ1) is 9.19. The Morgan fingerprint density at radius 1 is 1.47 bits per heavy atom. The lowest BCUT2D eigenvalue weighted by molar-refractivity contribution is 0.661. The van der Waals surface area contributed by atoms with E-state index in [9.17, 15) is 0 Å². The van der Waals surface area contributed by atoms with Gasteiger partial charge in [-0.2, -0.15) is 10.4 Å². The van der Waals surface area contributed by atoms with Gasteiger partial charge in [0.15, 0.2) is 5.82 Å². The van der Waals surface area contributed by atoms with E-state index in [4.69, 9.17) is 16.9 Å². The minimum atomic E-state index is 0.575. The van der Waals surface area contributed by atoms with Crippen LogP contribution in [0.1, 0.15) is 17.0 Å². The second kappa shape index (κ2) is 6.32.